The van der Waals surface area contributed by atoms with Crippen molar-refractivity contribution in [1.82, 2.24) is 5.43 Å². The van der Waals surface area contributed by atoms with E-state index in [1.165, 1.54) is 20.3 Å². The van der Waals surface area contributed by atoms with Gasteiger partial charge in [0, 0.05) is 10.9 Å². The largest absolute Gasteiger partial charge is 0.493 e. The first-order chi connectivity index (χ1) is 17.0. The molecule has 9 heteroatoms. The van der Waals surface area contributed by atoms with Gasteiger partial charge < -0.3 is 13.9 Å². The van der Waals surface area contributed by atoms with Crippen molar-refractivity contribution >= 4 is 28.4 Å². The number of fused-ring (bicyclic) bond motifs is 1. The number of carbonyl (C=O) groups excluding carboxylic acids is 1. The molecule has 0 saturated heterocycles. The highest BCUT2D eigenvalue weighted by molar-refractivity contribution is 6.02. The van der Waals surface area contributed by atoms with Gasteiger partial charge in [-0.2, -0.15) is 0 Å². The lowest BCUT2D eigenvalue weighted by Crippen LogP contribution is -2.25. The number of nitrogens with zero attached hydrogens (tertiary/aromatic N) is 3. The van der Waals surface area contributed by atoms with E-state index in [1.807, 2.05) is 25.1 Å². The first-order valence-corrected chi connectivity index (χ1v) is 10.6. The Hall–Kier alpha value is -4.79. The van der Waals surface area contributed by atoms with Crippen LogP contribution in [0.1, 0.15) is 21.5 Å². The fraction of sp³-hybridized carbons (Fsp3) is 0.115. The summed E-state index contributed by atoms with van der Waals surface area (Å²) in [5.74, 6) is 0.313. The third-order valence-electron chi connectivity index (χ3n) is 5.05. The summed E-state index contributed by atoms with van der Waals surface area (Å²) in [5, 5.41) is 13.2. The van der Waals surface area contributed by atoms with Gasteiger partial charge >= 0.3 is 5.63 Å². The summed E-state index contributed by atoms with van der Waals surface area (Å²) in [7, 11) is 3.03. The summed E-state index contributed by atoms with van der Waals surface area (Å²) in [6, 6.07) is 20.9. The molecule has 0 fully saturated rings. The SMILES string of the molecule is COc1ccc(/C(N=Nc2cccc(C)c2)=N/NC(=O)c2cc3ccccc3oc2=O)cc1OC. The smallest absolute Gasteiger partial charge is 0.349 e. The van der Waals surface area contributed by atoms with Gasteiger partial charge in [-0.25, -0.2) is 10.2 Å². The average molecular weight is 470 g/mol. The number of amidine groups is 1. The predicted octanol–water partition coefficient (Wildman–Crippen LogP) is 4.99. The minimum Gasteiger partial charge on any atom is -0.493 e. The monoisotopic (exact) mass is 470 g/mol. The van der Waals surface area contributed by atoms with E-state index in [1.54, 1.807) is 48.5 Å². The zero-order chi connectivity index (χ0) is 24.8. The Morgan fingerprint density at radius 2 is 1.71 bits per heavy atom. The van der Waals surface area contributed by atoms with Gasteiger partial charge in [0.25, 0.3) is 5.91 Å². The molecule has 4 rings (SSSR count). The van der Waals surface area contributed by atoms with Gasteiger partial charge in [-0.15, -0.1) is 15.3 Å². The Kier molecular flexibility index (Phi) is 6.96. The van der Waals surface area contributed by atoms with Crippen LogP contribution < -0.4 is 20.5 Å². The minimum absolute atomic E-state index is 0.0889. The van der Waals surface area contributed by atoms with Crippen molar-refractivity contribution in [2.45, 2.75) is 6.92 Å². The van der Waals surface area contributed by atoms with Crippen molar-refractivity contribution in [2.75, 3.05) is 14.2 Å². The molecule has 0 spiro atoms. The van der Waals surface area contributed by atoms with Crippen LogP contribution in [-0.4, -0.2) is 26.0 Å². The highest BCUT2D eigenvalue weighted by atomic mass is 16.5. The van der Waals surface area contributed by atoms with Crippen molar-refractivity contribution < 1.29 is 18.7 Å². The van der Waals surface area contributed by atoms with Crippen LogP contribution in [0.3, 0.4) is 0 Å². The molecule has 1 heterocycles. The Morgan fingerprint density at radius 1 is 0.914 bits per heavy atom. The normalized spacial score (nSPS) is 11.6. The molecule has 3 aromatic carbocycles. The van der Waals surface area contributed by atoms with Crippen LogP contribution in [0.4, 0.5) is 5.69 Å². The zero-order valence-electron chi connectivity index (χ0n) is 19.3. The maximum absolute atomic E-state index is 12.8. The number of ether oxygens (including phenoxy) is 2. The van der Waals surface area contributed by atoms with Crippen LogP contribution in [0.25, 0.3) is 11.0 Å². The van der Waals surface area contributed by atoms with Crippen molar-refractivity contribution in [1.29, 1.82) is 0 Å². The molecule has 0 aliphatic carbocycles. The Morgan fingerprint density at radius 3 is 2.49 bits per heavy atom. The third kappa shape index (κ3) is 5.41. The van der Waals surface area contributed by atoms with Crippen molar-refractivity contribution in [3.05, 3.63) is 99.9 Å². The summed E-state index contributed by atoms with van der Waals surface area (Å²) >= 11 is 0. The Bertz CT molecular complexity index is 1510. The number of azo groups is 1. The molecule has 0 bridgehead atoms. The second-order valence-electron chi connectivity index (χ2n) is 7.47. The van der Waals surface area contributed by atoms with E-state index >= 15 is 0 Å². The van der Waals surface area contributed by atoms with Crippen LogP contribution in [0.15, 0.2) is 97.3 Å². The summed E-state index contributed by atoms with van der Waals surface area (Å²) in [5.41, 5.74) is 3.94. The number of hydrogen-bond acceptors (Lipinski definition) is 7. The summed E-state index contributed by atoms with van der Waals surface area (Å²) in [6.07, 6.45) is 0. The molecule has 0 unspecified atom stereocenters. The number of hydrogen-bond donors (Lipinski definition) is 1. The Balaban J connectivity index is 1.70. The molecule has 9 nitrogen and oxygen atoms in total. The maximum atomic E-state index is 12.8. The minimum atomic E-state index is -0.773. The zero-order valence-corrected chi connectivity index (χ0v) is 19.3. The molecule has 1 aromatic heterocycles. The molecule has 4 aromatic rings. The molecule has 0 atom stereocenters. The van der Waals surface area contributed by atoms with E-state index in [4.69, 9.17) is 13.9 Å². The topological polar surface area (TPSA) is 115 Å². The number of carbonyl (C=O) groups is 1. The highest BCUT2D eigenvalue weighted by Crippen LogP contribution is 2.28. The second kappa shape index (κ2) is 10.4. The van der Waals surface area contributed by atoms with Crippen LogP contribution in [0.5, 0.6) is 11.5 Å². The van der Waals surface area contributed by atoms with E-state index < -0.39 is 11.5 Å². The van der Waals surface area contributed by atoms with Crippen LogP contribution in [0.2, 0.25) is 0 Å². The number of nitrogens with one attached hydrogen (secondary N) is 1. The number of amides is 1. The summed E-state index contributed by atoms with van der Waals surface area (Å²) in [6.45, 7) is 1.94. The van der Waals surface area contributed by atoms with Crippen molar-refractivity contribution in [2.24, 2.45) is 15.3 Å². The van der Waals surface area contributed by atoms with E-state index in [9.17, 15) is 9.59 Å². The average Bonchev–Trinajstić information content (AvgIpc) is 2.87. The van der Waals surface area contributed by atoms with Gasteiger partial charge in [-0.3, -0.25) is 4.79 Å². The summed E-state index contributed by atoms with van der Waals surface area (Å²) in [4.78, 5) is 25.1. The van der Waals surface area contributed by atoms with Crippen molar-refractivity contribution in [3.63, 3.8) is 0 Å². The molecule has 35 heavy (non-hydrogen) atoms. The van der Waals surface area contributed by atoms with Gasteiger partial charge in [0.15, 0.2) is 11.5 Å². The standard InChI is InChI=1S/C26H22N4O5/c1-16-7-6-9-19(13-16)27-28-24(18-11-12-22(33-2)23(15-18)34-3)29-30-25(31)20-14-17-8-4-5-10-21(17)35-26(20)32/h4-15H,1-3H3,(H,30,31)/b28-27?,29-24-. The highest BCUT2D eigenvalue weighted by Gasteiger charge is 2.15. The first-order valence-electron chi connectivity index (χ1n) is 10.6. The summed E-state index contributed by atoms with van der Waals surface area (Å²) < 4.78 is 15.9. The second-order valence-corrected chi connectivity index (χ2v) is 7.47. The number of benzene rings is 3. The van der Waals surface area contributed by atoms with Gasteiger partial charge in [-0.1, -0.05) is 30.3 Å². The van der Waals surface area contributed by atoms with E-state index in [2.05, 4.69) is 20.8 Å². The lowest BCUT2D eigenvalue weighted by Gasteiger charge is -2.09. The fourth-order valence-electron chi connectivity index (χ4n) is 3.30. The number of para-hydroxylation sites is 1. The van der Waals surface area contributed by atoms with Crippen LogP contribution >= 0.6 is 0 Å². The molecule has 0 saturated carbocycles. The number of rotatable bonds is 6. The van der Waals surface area contributed by atoms with Gasteiger partial charge in [0.05, 0.1) is 19.9 Å². The number of methoxy groups -OCH3 is 2. The Labute approximate surface area is 200 Å². The molecular weight excluding hydrogens is 448 g/mol. The molecule has 1 N–H and O–H groups in total. The van der Waals surface area contributed by atoms with Crippen LogP contribution in [0, 0.1) is 6.92 Å². The molecule has 176 valence electrons. The maximum Gasteiger partial charge on any atom is 0.349 e. The van der Waals surface area contributed by atoms with Gasteiger partial charge in [0.1, 0.15) is 11.1 Å². The van der Waals surface area contributed by atoms with Crippen LogP contribution in [-0.2, 0) is 0 Å². The van der Waals surface area contributed by atoms with E-state index in [-0.39, 0.29) is 11.4 Å². The van der Waals surface area contributed by atoms with Crippen molar-refractivity contribution in [3.8, 4) is 11.5 Å². The van der Waals surface area contributed by atoms with E-state index in [0.717, 1.165) is 5.56 Å². The number of aryl methyl sites for hydroxylation is 1. The fourth-order valence-corrected chi connectivity index (χ4v) is 3.30. The third-order valence-corrected chi connectivity index (χ3v) is 5.05. The number of hydrazone groups is 1. The molecular formula is C26H22N4O5. The van der Waals surface area contributed by atoms with Gasteiger partial charge in [0.2, 0.25) is 5.84 Å². The molecule has 0 aliphatic heterocycles. The lowest BCUT2D eigenvalue weighted by atomic mass is 10.2. The predicted molar refractivity (Wildman–Crippen MR) is 132 cm³/mol. The molecule has 0 aliphatic rings. The quantitative estimate of drug-likeness (QED) is 0.140. The molecule has 1 amide bonds. The van der Waals surface area contributed by atoms with Gasteiger partial charge in [-0.05, 0) is 55.0 Å². The molecule has 0 radical (unpaired) electrons. The lowest BCUT2D eigenvalue weighted by molar-refractivity contribution is 0.0951. The first kappa shape index (κ1) is 23.4. The van der Waals surface area contributed by atoms with E-state index in [0.29, 0.717) is 33.7 Å².